The van der Waals surface area contributed by atoms with Gasteiger partial charge >= 0.3 is 0 Å². The van der Waals surface area contributed by atoms with E-state index < -0.39 is 15.2 Å². The van der Waals surface area contributed by atoms with Crippen LogP contribution in [0, 0.1) is 0 Å². The molecule has 0 aromatic heterocycles. The summed E-state index contributed by atoms with van der Waals surface area (Å²) in [6, 6.07) is 16.2. The molecule has 2 unspecified atom stereocenters. The number of nitrogens with one attached hydrogen (secondary N) is 1. The smallest absolute Gasteiger partial charge is 0.242 e. The van der Waals surface area contributed by atoms with E-state index in [9.17, 15) is 13.2 Å². The number of piperazine rings is 1. The Balaban J connectivity index is 1.66. The Labute approximate surface area is 166 Å². The van der Waals surface area contributed by atoms with Crippen LogP contribution in [0.4, 0.5) is 5.69 Å². The Morgan fingerprint density at radius 2 is 1.82 bits per heavy atom. The predicted octanol–water partition coefficient (Wildman–Crippen LogP) is 1.67. The van der Waals surface area contributed by atoms with Gasteiger partial charge in [-0.15, -0.1) is 0 Å². The molecule has 4 rings (SSSR count). The van der Waals surface area contributed by atoms with Crippen LogP contribution in [0.25, 0.3) is 0 Å². The first-order chi connectivity index (χ1) is 13.5. The molecule has 7 heteroatoms. The van der Waals surface area contributed by atoms with Gasteiger partial charge in [-0.05, 0) is 30.7 Å². The molecule has 2 aliphatic heterocycles. The summed E-state index contributed by atoms with van der Waals surface area (Å²) < 4.78 is 26.7. The van der Waals surface area contributed by atoms with E-state index in [0.717, 1.165) is 25.2 Å². The number of rotatable bonds is 4. The Morgan fingerprint density at radius 1 is 1.11 bits per heavy atom. The number of fused-ring (bicyclic) bond motifs is 1. The zero-order valence-electron chi connectivity index (χ0n) is 15.9. The van der Waals surface area contributed by atoms with Crippen LogP contribution in [0.1, 0.15) is 12.5 Å². The summed E-state index contributed by atoms with van der Waals surface area (Å²) in [6.45, 7) is 4.70. The average molecular weight is 400 g/mol. The maximum absolute atomic E-state index is 13.3. The van der Waals surface area contributed by atoms with Crippen molar-refractivity contribution < 1.29 is 13.2 Å². The lowest BCUT2D eigenvalue weighted by atomic mass is 10.2. The third-order valence-electron chi connectivity index (χ3n) is 5.44. The van der Waals surface area contributed by atoms with Crippen molar-refractivity contribution in [2.24, 2.45) is 0 Å². The van der Waals surface area contributed by atoms with Crippen LogP contribution in [-0.2, 0) is 21.1 Å². The lowest BCUT2D eigenvalue weighted by molar-refractivity contribution is -0.120. The molecule has 28 heavy (non-hydrogen) atoms. The first kappa shape index (κ1) is 19.1. The van der Waals surface area contributed by atoms with Gasteiger partial charge in [0.15, 0.2) is 9.84 Å². The second-order valence-corrected chi connectivity index (χ2v) is 9.61. The van der Waals surface area contributed by atoms with Crippen molar-refractivity contribution in [2.45, 2.75) is 29.7 Å². The molecule has 2 aromatic rings. The lowest BCUT2D eigenvalue weighted by Gasteiger charge is -2.33. The van der Waals surface area contributed by atoms with E-state index in [-0.39, 0.29) is 17.3 Å². The van der Waals surface area contributed by atoms with E-state index in [2.05, 4.69) is 17.1 Å². The largest absolute Gasteiger partial charge is 0.312 e. The SMILES string of the molecule is CC1CN(CC(=O)N2c3ccccc3CC2S(=O)(=O)c2ccccc2)CCN1. The van der Waals surface area contributed by atoms with Crippen LogP contribution in [0.3, 0.4) is 0 Å². The number of hydrogen-bond acceptors (Lipinski definition) is 5. The molecule has 2 heterocycles. The molecule has 1 amide bonds. The summed E-state index contributed by atoms with van der Waals surface area (Å²) in [6.07, 6.45) is 0.317. The first-order valence-electron chi connectivity index (χ1n) is 9.61. The van der Waals surface area contributed by atoms with Gasteiger partial charge < -0.3 is 5.32 Å². The minimum atomic E-state index is -3.68. The maximum Gasteiger partial charge on any atom is 0.242 e. The molecule has 1 fully saturated rings. The molecular weight excluding hydrogens is 374 g/mol. The average Bonchev–Trinajstić information content (AvgIpc) is 3.09. The predicted molar refractivity (Wildman–Crippen MR) is 109 cm³/mol. The maximum atomic E-state index is 13.3. The van der Waals surface area contributed by atoms with E-state index in [1.54, 1.807) is 30.3 Å². The number of amides is 1. The fourth-order valence-electron chi connectivity index (χ4n) is 4.09. The Bertz CT molecular complexity index is 962. The fraction of sp³-hybridized carbons (Fsp3) is 0.381. The number of para-hydroxylation sites is 1. The van der Waals surface area contributed by atoms with Gasteiger partial charge in [0, 0.05) is 37.8 Å². The number of anilines is 1. The minimum absolute atomic E-state index is 0.163. The van der Waals surface area contributed by atoms with Crippen LogP contribution in [-0.4, -0.2) is 56.8 Å². The summed E-state index contributed by atoms with van der Waals surface area (Å²) in [7, 11) is -3.68. The molecule has 0 bridgehead atoms. The van der Waals surface area contributed by atoms with Crippen molar-refractivity contribution in [2.75, 3.05) is 31.1 Å². The van der Waals surface area contributed by atoms with Gasteiger partial charge in [0.05, 0.1) is 11.4 Å². The van der Waals surface area contributed by atoms with Crippen molar-refractivity contribution in [1.29, 1.82) is 0 Å². The number of benzene rings is 2. The highest BCUT2D eigenvalue weighted by Gasteiger charge is 2.42. The molecule has 0 aliphatic carbocycles. The molecule has 0 radical (unpaired) electrons. The summed E-state index contributed by atoms with van der Waals surface area (Å²) in [5.74, 6) is -0.163. The van der Waals surface area contributed by atoms with Crippen molar-refractivity contribution in [1.82, 2.24) is 10.2 Å². The number of nitrogens with zero attached hydrogens (tertiary/aromatic N) is 2. The van der Waals surface area contributed by atoms with Crippen molar-refractivity contribution >= 4 is 21.4 Å². The minimum Gasteiger partial charge on any atom is -0.312 e. The van der Waals surface area contributed by atoms with E-state index in [1.165, 1.54) is 4.90 Å². The van der Waals surface area contributed by atoms with Crippen LogP contribution in [0.15, 0.2) is 59.5 Å². The van der Waals surface area contributed by atoms with E-state index in [4.69, 9.17) is 0 Å². The Hall–Kier alpha value is -2.22. The molecule has 1 N–H and O–H groups in total. The highest BCUT2D eigenvalue weighted by atomic mass is 32.2. The number of sulfone groups is 1. The molecule has 0 saturated carbocycles. The van der Waals surface area contributed by atoms with Gasteiger partial charge in [-0.25, -0.2) is 8.42 Å². The topological polar surface area (TPSA) is 69.7 Å². The summed E-state index contributed by atoms with van der Waals surface area (Å²) in [5, 5.41) is 2.46. The zero-order chi connectivity index (χ0) is 19.7. The van der Waals surface area contributed by atoms with Crippen LogP contribution in [0.2, 0.25) is 0 Å². The van der Waals surface area contributed by atoms with E-state index in [1.807, 2.05) is 24.3 Å². The molecule has 0 spiro atoms. The van der Waals surface area contributed by atoms with Gasteiger partial charge in [0.25, 0.3) is 0 Å². The molecule has 148 valence electrons. The molecule has 1 saturated heterocycles. The van der Waals surface area contributed by atoms with Gasteiger partial charge in [-0.2, -0.15) is 0 Å². The van der Waals surface area contributed by atoms with Gasteiger partial charge in [0.1, 0.15) is 5.37 Å². The van der Waals surface area contributed by atoms with Crippen LogP contribution in [0.5, 0.6) is 0 Å². The molecule has 2 atom stereocenters. The molecule has 6 nitrogen and oxygen atoms in total. The fourth-order valence-corrected chi connectivity index (χ4v) is 5.85. The van der Waals surface area contributed by atoms with E-state index in [0.29, 0.717) is 18.2 Å². The third kappa shape index (κ3) is 3.57. The number of carbonyl (C=O) groups excluding carboxylic acids is 1. The number of carbonyl (C=O) groups is 1. The van der Waals surface area contributed by atoms with Crippen LogP contribution < -0.4 is 10.2 Å². The monoisotopic (exact) mass is 399 g/mol. The lowest BCUT2D eigenvalue weighted by Crippen LogP contribution is -2.53. The summed E-state index contributed by atoms with van der Waals surface area (Å²) >= 11 is 0. The zero-order valence-corrected chi connectivity index (χ0v) is 16.7. The summed E-state index contributed by atoms with van der Waals surface area (Å²) in [4.78, 5) is 17.1. The Morgan fingerprint density at radius 3 is 2.57 bits per heavy atom. The van der Waals surface area contributed by atoms with Crippen LogP contribution >= 0.6 is 0 Å². The molecule has 2 aromatic carbocycles. The standard InChI is InChI=1S/C21H25N3O3S/c1-16-14-23(12-11-22-16)15-20(25)24-19-10-6-5-7-17(19)13-21(24)28(26,27)18-8-3-2-4-9-18/h2-10,16,21-22H,11-15H2,1H3. The molecule has 2 aliphatic rings. The van der Waals surface area contributed by atoms with Crippen molar-refractivity contribution in [3.05, 3.63) is 60.2 Å². The van der Waals surface area contributed by atoms with Gasteiger partial charge in [-0.1, -0.05) is 36.4 Å². The van der Waals surface area contributed by atoms with E-state index >= 15 is 0 Å². The van der Waals surface area contributed by atoms with Crippen molar-refractivity contribution in [3.63, 3.8) is 0 Å². The Kier molecular flexibility index (Phi) is 5.23. The third-order valence-corrected chi connectivity index (χ3v) is 7.47. The highest BCUT2D eigenvalue weighted by molar-refractivity contribution is 7.92. The second-order valence-electron chi connectivity index (χ2n) is 7.50. The highest BCUT2D eigenvalue weighted by Crippen LogP contribution is 2.36. The molecular formula is C21H25N3O3S. The van der Waals surface area contributed by atoms with Crippen molar-refractivity contribution in [3.8, 4) is 0 Å². The number of hydrogen-bond donors (Lipinski definition) is 1. The first-order valence-corrected chi connectivity index (χ1v) is 11.2. The second kappa shape index (κ2) is 7.66. The van der Waals surface area contributed by atoms with Gasteiger partial charge in [0.2, 0.25) is 5.91 Å². The summed E-state index contributed by atoms with van der Waals surface area (Å²) in [5.41, 5.74) is 1.61. The van der Waals surface area contributed by atoms with Gasteiger partial charge in [-0.3, -0.25) is 14.6 Å². The quantitative estimate of drug-likeness (QED) is 0.847. The normalized spacial score (nSPS) is 22.8.